The average molecular weight is 262 g/mol. The topological polar surface area (TPSA) is 35.5 Å². The first-order valence-electron chi connectivity index (χ1n) is 5.16. The lowest BCUT2D eigenvalue weighted by Crippen LogP contribution is -2.25. The Morgan fingerprint density at radius 3 is 2.17 bits per heavy atom. The highest BCUT2D eigenvalue weighted by molar-refractivity contribution is 5.77. The van der Waals surface area contributed by atoms with Crippen LogP contribution >= 0.6 is 0 Å². The number of carbonyl (C=O) groups is 1. The molecular formula is C12H13F3O3. The van der Waals surface area contributed by atoms with Crippen LogP contribution in [0.5, 0.6) is 11.5 Å². The van der Waals surface area contributed by atoms with E-state index in [2.05, 4.69) is 4.74 Å². The molecule has 0 aliphatic rings. The summed E-state index contributed by atoms with van der Waals surface area (Å²) < 4.78 is 44.7. The van der Waals surface area contributed by atoms with E-state index in [0.29, 0.717) is 0 Å². The Kier molecular flexibility index (Phi) is 3.88. The van der Waals surface area contributed by atoms with E-state index < -0.39 is 23.5 Å². The first-order valence-corrected chi connectivity index (χ1v) is 5.16. The van der Waals surface area contributed by atoms with Gasteiger partial charge in [0.15, 0.2) is 0 Å². The number of carbonyl (C=O) groups excluding carboxylic acids is 1. The standard InChI is InChI=1S/C12H13F3O3/c1-11(2,3)10(16)17-8-5-4-6-9(7-8)18-12(13,14)15/h4-7H,1-3H3. The summed E-state index contributed by atoms with van der Waals surface area (Å²) in [5.74, 6) is -0.954. The highest BCUT2D eigenvalue weighted by Crippen LogP contribution is 2.27. The number of hydrogen-bond acceptors (Lipinski definition) is 3. The molecule has 0 saturated heterocycles. The largest absolute Gasteiger partial charge is 0.573 e. The molecule has 0 aromatic heterocycles. The summed E-state index contributed by atoms with van der Waals surface area (Å²) in [6, 6.07) is 4.83. The predicted molar refractivity (Wildman–Crippen MR) is 58.2 cm³/mol. The molecule has 6 heteroatoms. The molecule has 0 atom stereocenters. The molecule has 0 aliphatic carbocycles. The molecule has 0 saturated carbocycles. The Morgan fingerprint density at radius 2 is 1.67 bits per heavy atom. The van der Waals surface area contributed by atoms with Crippen LogP contribution in [0, 0.1) is 5.41 Å². The van der Waals surface area contributed by atoms with Gasteiger partial charge in [-0.3, -0.25) is 4.79 Å². The van der Waals surface area contributed by atoms with Gasteiger partial charge in [-0.15, -0.1) is 13.2 Å². The summed E-state index contributed by atoms with van der Waals surface area (Å²) >= 11 is 0. The van der Waals surface area contributed by atoms with Gasteiger partial charge in [-0.2, -0.15) is 0 Å². The van der Waals surface area contributed by atoms with Crippen molar-refractivity contribution in [2.45, 2.75) is 27.1 Å². The number of hydrogen-bond donors (Lipinski definition) is 0. The summed E-state index contributed by atoms with van der Waals surface area (Å²) in [7, 11) is 0. The molecule has 0 radical (unpaired) electrons. The zero-order valence-electron chi connectivity index (χ0n) is 10.2. The smallest absolute Gasteiger partial charge is 0.426 e. The fourth-order valence-corrected chi connectivity index (χ4v) is 0.995. The van der Waals surface area contributed by atoms with Gasteiger partial charge < -0.3 is 9.47 Å². The summed E-state index contributed by atoms with van der Waals surface area (Å²) in [6.45, 7) is 4.93. The van der Waals surface area contributed by atoms with Crippen molar-refractivity contribution in [2.75, 3.05) is 0 Å². The number of rotatable bonds is 2. The van der Waals surface area contributed by atoms with E-state index in [9.17, 15) is 18.0 Å². The van der Waals surface area contributed by atoms with Gasteiger partial charge in [0.2, 0.25) is 0 Å². The van der Waals surface area contributed by atoms with E-state index in [4.69, 9.17) is 4.74 Å². The van der Waals surface area contributed by atoms with Crippen molar-refractivity contribution >= 4 is 5.97 Å². The van der Waals surface area contributed by atoms with E-state index in [-0.39, 0.29) is 5.75 Å². The summed E-state index contributed by atoms with van der Waals surface area (Å²) in [6.07, 6.45) is -4.77. The van der Waals surface area contributed by atoms with Gasteiger partial charge in [-0.25, -0.2) is 0 Å². The molecule has 0 spiro atoms. The summed E-state index contributed by atoms with van der Waals surface area (Å²) in [5, 5.41) is 0. The minimum atomic E-state index is -4.77. The lowest BCUT2D eigenvalue weighted by molar-refractivity contribution is -0.274. The molecule has 18 heavy (non-hydrogen) atoms. The van der Waals surface area contributed by atoms with E-state index in [1.165, 1.54) is 12.1 Å². The minimum absolute atomic E-state index is 0.0108. The lowest BCUT2D eigenvalue weighted by atomic mass is 9.97. The molecule has 100 valence electrons. The number of alkyl halides is 3. The third-order valence-corrected chi connectivity index (χ3v) is 1.86. The molecule has 0 fully saturated rings. The van der Waals surface area contributed by atoms with E-state index >= 15 is 0 Å². The van der Waals surface area contributed by atoms with Crippen molar-refractivity contribution in [3.63, 3.8) is 0 Å². The maximum Gasteiger partial charge on any atom is 0.573 e. The number of ether oxygens (including phenoxy) is 2. The fraction of sp³-hybridized carbons (Fsp3) is 0.417. The fourth-order valence-electron chi connectivity index (χ4n) is 0.995. The Labute approximate surface area is 103 Å². The van der Waals surface area contributed by atoms with E-state index in [1.807, 2.05) is 0 Å². The highest BCUT2D eigenvalue weighted by atomic mass is 19.4. The third kappa shape index (κ3) is 4.65. The second-order valence-corrected chi connectivity index (χ2v) is 4.66. The number of benzene rings is 1. The molecule has 0 heterocycles. The van der Waals surface area contributed by atoms with Gasteiger partial charge in [0.1, 0.15) is 11.5 Å². The molecule has 0 amide bonds. The first kappa shape index (κ1) is 14.3. The monoisotopic (exact) mass is 262 g/mol. The molecule has 1 aromatic rings. The van der Waals surface area contributed by atoms with Crippen LogP contribution in [-0.4, -0.2) is 12.3 Å². The maximum atomic E-state index is 12.0. The van der Waals surface area contributed by atoms with Crippen molar-refractivity contribution in [1.29, 1.82) is 0 Å². The van der Waals surface area contributed by atoms with E-state index in [1.54, 1.807) is 20.8 Å². The molecule has 0 bridgehead atoms. The number of halogens is 3. The van der Waals surface area contributed by atoms with Crippen LogP contribution in [0.25, 0.3) is 0 Å². The van der Waals surface area contributed by atoms with Crippen LogP contribution in [0.15, 0.2) is 24.3 Å². The van der Waals surface area contributed by atoms with Crippen molar-refractivity contribution in [3.05, 3.63) is 24.3 Å². The normalized spacial score (nSPS) is 12.1. The number of esters is 1. The predicted octanol–water partition coefficient (Wildman–Crippen LogP) is 3.54. The molecule has 0 unspecified atom stereocenters. The molecular weight excluding hydrogens is 249 g/mol. The van der Waals surface area contributed by atoms with Crippen LogP contribution < -0.4 is 9.47 Å². The Bertz CT molecular complexity index is 433. The lowest BCUT2D eigenvalue weighted by Gasteiger charge is -2.16. The van der Waals surface area contributed by atoms with Crippen LogP contribution in [0.2, 0.25) is 0 Å². The Hall–Kier alpha value is -1.72. The Balaban J connectivity index is 2.80. The Morgan fingerprint density at radius 1 is 1.11 bits per heavy atom. The van der Waals surface area contributed by atoms with Crippen molar-refractivity contribution in [1.82, 2.24) is 0 Å². The van der Waals surface area contributed by atoms with Crippen molar-refractivity contribution < 1.29 is 27.4 Å². The van der Waals surface area contributed by atoms with Crippen LogP contribution in [0.3, 0.4) is 0 Å². The quantitative estimate of drug-likeness (QED) is 0.604. The van der Waals surface area contributed by atoms with Crippen molar-refractivity contribution in [3.8, 4) is 11.5 Å². The molecule has 3 nitrogen and oxygen atoms in total. The SMILES string of the molecule is CC(C)(C)C(=O)Oc1cccc(OC(F)(F)F)c1. The summed E-state index contributed by atoms with van der Waals surface area (Å²) in [5.41, 5.74) is -0.735. The molecule has 1 aromatic carbocycles. The highest BCUT2D eigenvalue weighted by Gasteiger charge is 2.31. The van der Waals surface area contributed by atoms with Crippen LogP contribution in [0.1, 0.15) is 20.8 Å². The average Bonchev–Trinajstić information content (AvgIpc) is 2.13. The zero-order chi connectivity index (χ0) is 14.0. The second-order valence-electron chi connectivity index (χ2n) is 4.66. The van der Waals surface area contributed by atoms with Gasteiger partial charge in [0, 0.05) is 6.07 Å². The first-order chi connectivity index (χ1) is 8.08. The van der Waals surface area contributed by atoms with Gasteiger partial charge in [-0.1, -0.05) is 6.07 Å². The van der Waals surface area contributed by atoms with Crippen LogP contribution in [-0.2, 0) is 4.79 Å². The van der Waals surface area contributed by atoms with Gasteiger partial charge >= 0.3 is 12.3 Å². The molecule has 0 aliphatic heterocycles. The molecule has 1 rings (SSSR count). The van der Waals surface area contributed by atoms with Gasteiger partial charge in [0.25, 0.3) is 0 Å². The molecule has 0 N–H and O–H groups in total. The van der Waals surface area contributed by atoms with Gasteiger partial charge in [-0.05, 0) is 32.9 Å². The van der Waals surface area contributed by atoms with Gasteiger partial charge in [0.05, 0.1) is 5.41 Å². The maximum absolute atomic E-state index is 12.0. The minimum Gasteiger partial charge on any atom is -0.426 e. The summed E-state index contributed by atoms with van der Waals surface area (Å²) in [4.78, 5) is 11.5. The zero-order valence-corrected chi connectivity index (χ0v) is 10.2. The third-order valence-electron chi connectivity index (χ3n) is 1.86. The second kappa shape index (κ2) is 4.88. The van der Waals surface area contributed by atoms with Crippen molar-refractivity contribution in [2.24, 2.45) is 5.41 Å². The van der Waals surface area contributed by atoms with E-state index in [0.717, 1.165) is 12.1 Å². The van der Waals surface area contributed by atoms with Crippen LogP contribution in [0.4, 0.5) is 13.2 Å².